The predicted octanol–water partition coefficient (Wildman–Crippen LogP) is 5.56. The predicted molar refractivity (Wildman–Crippen MR) is 222 cm³/mol. The molecule has 2 unspecified atom stereocenters. The van der Waals surface area contributed by atoms with Crippen LogP contribution in [-0.4, -0.2) is 67.6 Å². The summed E-state index contributed by atoms with van der Waals surface area (Å²) in [6, 6.07) is 13.2. The van der Waals surface area contributed by atoms with Gasteiger partial charge in [-0.05, 0) is 95.5 Å². The maximum Gasteiger partial charge on any atom is 0.217 e. The number of aryl methyl sites for hydroxylation is 2. The molecule has 0 radical (unpaired) electrons. The molecule has 2 atom stereocenters. The van der Waals surface area contributed by atoms with Crippen molar-refractivity contribution in [3.8, 4) is 56.8 Å². The van der Waals surface area contributed by atoms with Crippen LogP contribution in [0.1, 0.15) is 61.0 Å². The molecule has 6 rings (SSSR count). The van der Waals surface area contributed by atoms with E-state index in [2.05, 4.69) is 21.3 Å². The number of nitrogens with one attached hydrogen (secondary N) is 4. The smallest absolute Gasteiger partial charge is 0.217 e. The number of methoxy groups -OCH3 is 6. The van der Waals surface area contributed by atoms with Gasteiger partial charge in [0, 0.05) is 38.1 Å². The SMILES string of the molecule is COc1cc2c(c(OC)c1OC)-c1ccc(NCCNc3ccc4c(cc3=O)C(NC(C)=O)CCc3cc(OC)c(OC)c(OC)c3-4)c(=O)cc1C(NC(C)=O)CC2. The first-order chi connectivity index (χ1) is 28.0. The molecule has 0 saturated carbocycles. The lowest BCUT2D eigenvalue weighted by molar-refractivity contribution is -0.120. The van der Waals surface area contributed by atoms with Crippen molar-refractivity contribution in [1.29, 1.82) is 0 Å². The summed E-state index contributed by atoms with van der Waals surface area (Å²) in [6.07, 6.45) is 2.24. The molecule has 4 N–H and O–H groups in total. The highest BCUT2D eigenvalue weighted by Gasteiger charge is 2.31. The van der Waals surface area contributed by atoms with Gasteiger partial charge >= 0.3 is 0 Å². The fourth-order valence-corrected chi connectivity index (χ4v) is 8.10. The van der Waals surface area contributed by atoms with Crippen molar-refractivity contribution in [3.05, 3.63) is 91.2 Å². The zero-order valence-corrected chi connectivity index (χ0v) is 34.1. The second kappa shape index (κ2) is 17.8. The van der Waals surface area contributed by atoms with Gasteiger partial charge in [0.05, 0.1) is 66.1 Å². The van der Waals surface area contributed by atoms with Gasteiger partial charge in [-0.15, -0.1) is 0 Å². The third-order valence-electron chi connectivity index (χ3n) is 10.6. The van der Waals surface area contributed by atoms with Crippen LogP contribution in [0.4, 0.5) is 11.4 Å². The number of rotatable bonds is 13. The van der Waals surface area contributed by atoms with Crippen molar-refractivity contribution in [3.63, 3.8) is 0 Å². The average molecular weight is 795 g/mol. The number of ether oxygens (including phenoxy) is 6. The Balaban J connectivity index is 1.33. The van der Waals surface area contributed by atoms with Crippen LogP contribution in [0.3, 0.4) is 0 Å². The first-order valence-corrected chi connectivity index (χ1v) is 19.0. The van der Waals surface area contributed by atoms with Crippen LogP contribution in [0.25, 0.3) is 22.3 Å². The van der Waals surface area contributed by atoms with E-state index in [0.717, 1.165) is 22.3 Å². The van der Waals surface area contributed by atoms with Crippen molar-refractivity contribution in [2.45, 2.75) is 51.6 Å². The first kappa shape index (κ1) is 41.2. The van der Waals surface area contributed by atoms with Gasteiger partial charge < -0.3 is 49.7 Å². The molecule has 2 aliphatic rings. The number of benzene rings is 2. The minimum absolute atomic E-state index is 0.218. The number of anilines is 2. The van der Waals surface area contributed by atoms with Crippen LogP contribution in [0.2, 0.25) is 0 Å². The summed E-state index contributed by atoms with van der Waals surface area (Å²) in [5, 5.41) is 12.5. The second-order valence-corrected chi connectivity index (χ2v) is 14.0. The lowest BCUT2D eigenvalue weighted by Crippen LogP contribution is -2.27. The van der Waals surface area contributed by atoms with Gasteiger partial charge in [-0.25, -0.2) is 0 Å². The highest BCUT2D eigenvalue weighted by molar-refractivity contribution is 5.85. The molecule has 0 heterocycles. The molecule has 0 bridgehead atoms. The Labute approximate surface area is 337 Å². The molecule has 4 aromatic rings. The summed E-state index contributed by atoms with van der Waals surface area (Å²) in [5.41, 5.74) is 6.19. The Hall–Kier alpha value is -6.44. The van der Waals surface area contributed by atoms with E-state index in [1.54, 1.807) is 52.7 Å². The summed E-state index contributed by atoms with van der Waals surface area (Å²) >= 11 is 0. The molecule has 2 amide bonds. The quantitative estimate of drug-likeness (QED) is 0.124. The van der Waals surface area contributed by atoms with E-state index in [1.807, 2.05) is 24.3 Å². The third kappa shape index (κ3) is 8.04. The van der Waals surface area contributed by atoms with Crippen LogP contribution in [0, 0.1) is 0 Å². The van der Waals surface area contributed by atoms with E-state index < -0.39 is 12.1 Å². The minimum Gasteiger partial charge on any atom is -0.493 e. The monoisotopic (exact) mass is 794 g/mol. The van der Waals surface area contributed by atoms with Gasteiger partial charge in [-0.1, -0.05) is 12.1 Å². The molecule has 306 valence electrons. The Morgan fingerprint density at radius 3 is 1.26 bits per heavy atom. The van der Waals surface area contributed by atoms with Gasteiger partial charge in [0.2, 0.25) is 34.2 Å². The fraction of sp³-hybridized carbons (Fsp3) is 0.364. The topological polar surface area (TPSA) is 172 Å². The van der Waals surface area contributed by atoms with Crippen molar-refractivity contribution in [2.75, 3.05) is 66.4 Å². The van der Waals surface area contributed by atoms with Crippen molar-refractivity contribution < 1.29 is 38.0 Å². The summed E-state index contributed by atoms with van der Waals surface area (Å²) in [5.74, 6) is 2.36. The molecule has 14 nitrogen and oxygen atoms in total. The average Bonchev–Trinajstić information content (AvgIpc) is 3.59. The normalized spacial score (nSPS) is 15.0. The van der Waals surface area contributed by atoms with E-state index in [0.29, 0.717) is 93.8 Å². The van der Waals surface area contributed by atoms with Crippen molar-refractivity contribution in [2.24, 2.45) is 0 Å². The molecule has 0 saturated heterocycles. The number of fused-ring (bicyclic) bond motifs is 6. The van der Waals surface area contributed by atoms with Gasteiger partial charge in [-0.2, -0.15) is 0 Å². The van der Waals surface area contributed by atoms with E-state index in [4.69, 9.17) is 28.4 Å². The maximum absolute atomic E-state index is 13.8. The molecular formula is C44H50N4O10. The molecular weight excluding hydrogens is 745 g/mol. The number of hydrogen-bond acceptors (Lipinski definition) is 12. The van der Waals surface area contributed by atoms with Gasteiger partial charge in [0.1, 0.15) is 0 Å². The largest absolute Gasteiger partial charge is 0.493 e. The third-order valence-corrected chi connectivity index (χ3v) is 10.6. The van der Waals surface area contributed by atoms with Gasteiger partial charge in [0.25, 0.3) is 0 Å². The van der Waals surface area contributed by atoms with Gasteiger partial charge in [-0.3, -0.25) is 19.2 Å². The zero-order valence-electron chi connectivity index (χ0n) is 34.1. The Bertz CT molecular complexity index is 2200. The molecule has 0 aromatic heterocycles. The highest BCUT2D eigenvalue weighted by atomic mass is 16.5. The Morgan fingerprint density at radius 2 is 0.931 bits per heavy atom. The van der Waals surface area contributed by atoms with Crippen LogP contribution >= 0.6 is 0 Å². The van der Waals surface area contributed by atoms with Crippen molar-refractivity contribution >= 4 is 23.2 Å². The van der Waals surface area contributed by atoms with Crippen LogP contribution in [0.5, 0.6) is 34.5 Å². The van der Waals surface area contributed by atoms with E-state index in [-0.39, 0.29) is 35.8 Å². The molecule has 2 aliphatic carbocycles. The number of carbonyl (C=O) groups is 2. The maximum atomic E-state index is 13.8. The van der Waals surface area contributed by atoms with Crippen LogP contribution < -0.4 is 60.5 Å². The second-order valence-electron chi connectivity index (χ2n) is 14.0. The fourth-order valence-electron chi connectivity index (χ4n) is 8.10. The van der Waals surface area contributed by atoms with Gasteiger partial charge in [0.15, 0.2) is 23.0 Å². The zero-order chi connectivity index (χ0) is 41.7. The number of carbonyl (C=O) groups excluding carboxylic acids is 2. The van der Waals surface area contributed by atoms with Crippen LogP contribution in [-0.2, 0) is 22.4 Å². The molecule has 14 heteroatoms. The number of hydrogen-bond donors (Lipinski definition) is 4. The standard InChI is InChI=1S/C44H50N4O10/c1-23(49)47-31-13-9-25-19-37(53-3)41(55-5)43(57-7)39(25)27-11-15-33(35(51)21-29(27)31)45-17-18-46-34-16-12-28-30(22-36(34)52)32(48-24(2)50)14-10-26-20-38(54-4)42(56-6)44(58-8)40(26)28/h11-12,15-16,19-22,31-32H,9-10,13-14,17-18H2,1-8H3,(H,45,51)(H,46,52)(H,47,49)(H,48,50). The lowest BCUT2D eigenvalue weighted by Gasteiger charge is -2.19. The Morgan fingerprint density at radius 1 is 0.552 bits per heavy atom. The molecule has 0 spiro atoms. The summed E-state index contributed by atoms with van der Waals surface area (Å²) in [7, 11) is 9.30. The first-order valence-electron chi connectivity index (χ1n) is 19.0. The van der Waals surface area contributed by atoms with E-state index in [1.165, 1.54) is 28.1 Å². The van der Waals surface area contributed by atoms with Crippen molar-refractivity contribution in [1.82, 2.24) is 10.6 Å². The lowest BCUT2D eigenvalue weighted by atomic mass is 9.95. The highest BCUT2D eigenvalue weighted by Crippen LogP contribution is 2.51. The molecule has 0 fully saturated rings. The number of amides is 2. The summed E-state index contributed by atoms with van der Waals surface area (Å²) in [6.45, 7) is 3.47. The Kier molecular flexibility index (Phi) is 12.6. The summed E-state index contributed by atoms with van der Waals surface area (Å²) < 4.78 is 34.4. The molecule has 58 heavy (non-hydrogen) atoms. The minimum atomic E-state index is -0.444. The molecule has 0 aliphatic heterocycles. The van der Waals surface area contributed by atoms with E-state index in [9.17, 15) is 19.2 Å². The van der Waals surface area contributed by atoms with Crippen LogP contribution in [0.15, 0.2) is 58.1 Å². The molecule has 4 aromatic carbocycles. The summed E-state index contributed by atoms with van der Waals surface area (Å²) in [4.78, 5) is 52.4. The van der Waals surface area contributed by atoms with E-state index >= 15 is 0 Å².